The number of benzene rings is 2. The largest absolute Gasteiger partial charge is 0.493 e. The normalized spacial score (nSPS) is 13.0. The molecular formula is C43H66N2Ni. The number of allylic oxidation sites excluding steroid dienone is 2. The third-order valence-electron chi connectivity index (χ3n) is 10.1. The Kier molecular flexibility index (Phi) is 19.0. The van der Waals surface area contributed by atoms with Gasteiger partial charge in [0.1, 0.15) is 0 Å². The van der Waals surface area contributed by atoms with Crippen molar-refractivity contribution in [3.8, 4) is 0 Å². The van der Waals surface area contributed by atoms with Crippen molar-refractivity contribution in [2.75, 3.05) is 0 Å². The number of hydrogen-bond donors (Lipinski definition) is 0. The molecule has 0 aliphatic carbocycles. The van der Waals surface area contributed by atoms with Crippen LogP contribution in [-0.4, -0.2) is 4.70 Å². The van der Waals surface area contributed by atoms with Crippen molar-refractivity contribution in [3.63, 3.8) is 0 Å². The second-order valence-electron chi connectivity index (χ2n) is 13.8. The molecule has 0 saturated heterocycles. The minimum Gasteiger partial charge on any atom is -0.493 e. The predicted octanol–water partition coefficient (Wildman–Crippen LogP) is 13.6. The quantitative estimate of drug-likeness (QED) is 0.0677. The summed E-state index contributed by atoms with van der Waals surface area (Å²) in [5.41, 5.74) is 26.6. The maximum atomic E-state index is 12.1. The van der Waals surface area contributed by atoms with Gasteiger partial charge in [0.05, 0.1) is 0 Å². The molecule has 2 aromatic rings. The van der Waals surface area contributed by atoms with Crippen LogP contribution in [0.1, 0.15) is 182 Å². The van der Waals surface area contributed by atoms with E-state index in [1.54, 1.807) is 4.70 Å². The fourth-order valence-corrected chi connectivity index (χ4v) is 7.09. The van der Waals surface area contributed by atoms with E-state index in [1.807, 2.05) is 0 Å². The third kappa shape index (κ3) is 11.3. The van der Waals surface area contributed by atoms with Crippen LogP contribution in [0, 0.1) is 13.8 Å². The molecule has 1 aliphatic heterocycles. The van der Waals surface area contributed by atoms with Gasteiger partial charge in [0.25, 0.3) is 0 Å². The van der Waals surface area contributed by atoms with Crippen molar-refractivity contribution in [2.45, 2.75) is 177 Å². The van der Waals surface area contributed by atoms with E-state index >= 15 is 0 Å². The van der Waals surface area contributed by atoms with Crippen molar-refractivity contribution in [1.29, 1.82) is 0 Å². The maximum Gasteiger partial charge on any atom is 0.210 e. The Hall–Kier alpha value is -1.99. The third-order valence-corrected chi connectivity index (χ3v) is 10.1. The van der Waals surface area contributed by atoms with Gasteiger partial charge < -0.3 is 5.53 Å². The molecule has 0 saturated carbocycles. The zero-order valence-corrected chi connectivity index (χ0v) is 31.7. The van der Waals surface area contributed by atoms with Crippen LogP contribution in [0.15, 0.2) is 35.9 Å². The van der Waals surface area contributed by atoms with Crippen LogP contribution < -0.4 is 0 Å². The topological polar surface area (TPSA) is 25.3 Å². The number of unbranched alkanes of at least 4 members (excludes halogenated alkanes) is 10. The summed E-state index contributed by atoms with van der Waals surface area (Å²) in [5, 5.41) is 0. The molecular weight excluding hydrogens is 603 g/mol. The Morgan fingerprint density at radius 3 is 1.15 bits per heavy atom. The molecule has 0 unspecified atom stereocenters. The molecule has 0 amide bonds. The fraction of sp³-hybridized carbons (Fsp3) is 0.628. The number of rotatable bonds is 22. The van der Waals surface area contributed by atoms with E-state index in [9.17, 15) is 5.53 Å². The maximum absolute atomic E-state index is 12.1. The smallest absolute Gasteiger partial charge is 0.210 e. The first-order valence-electron chi connectivity index (χ1n) is 19.1. The predicted molar refractivity (Wildman–Crippen MR) is 198 cm³/mol. The van der Waals surface area contributed by atoms with Crippen LogP contribution in [0.25, 0.3) is 16.9 Å². The molecule has 0 N–H and O–H groups in total. The minimum absolute atomic E-state index is 0. The minimum atomic E-state index is 0. The number of aryl methyl sites for hydroxylation is 4. The molecule has 0 atom stereocenters. The zero-order valence-electron chi connectivity index (χ0n) is 30.7. The van der Waals surface area contributed by atoms with Gasteiger partial charge in [-0.3, -0.25) is 0 Å². The second-order valence-corrected chi connectivity index (χ2v) is 13.8. The van der Waals surface area contributed by atoms with E-state index in [1.165, 1.54) is 140 Å². The monoisotopic (exact) mass is 668 g/mol. The fourth-order valence-electron chi connectivity index (χ4n) is 7.09. The van der Waals surface area contributed by atoms with Crippen molar-refractivity contribution >= 4 is 11.4 Å². The molecule has 1 aliphatic rings. The van der Waals surface area contributed by atoms with E-state index in [0.29, 0.717) is 0 Å². The summed E-state index contributed by atoms with van der Waals surface area (Å²) in [5.74, 6) is 0. The van der Waals surface area contributed by atoms with E-state index in [2.05, 4.69) is 78.8 Å². The van der Waals surface area contributed by atoms with Crippen LogP contribution in [0.5, 0.6) is 0 Å². The molecule has 3 heteroatoms. The van der Waals surface area contributed by atoms with Crippen LogP contribution in [0.3, 0.4) is 0 Å². The van der Waals surface area contributed by atoms with Gasteiger partial charge in [-0.15, -0.1) is 0 Å². The van der Waals surface area contributed by atoms with E-state index in [-0.39, 0.29) is 16.5 Å². The molecule has 2 nitrogen and oxygen atoms in total. The average Bonchev–Trinajstić information content (AvgIpc) is 3.36. The summed E-state index contributed by atoms with van der Waals surface area (Å²) in [4.78, 5) is 0. The van der Waals surface area contributed by atoms with Gasteiger partial charge in [-0.05, 0) is 136 Å². The average molecular weight is 670 g/mol. The summed E-state index contributed by atoms with van der Waals surface area (Å²) < 4.78 is 1.58. The van der Waals surface area contributed by atoms with E-state index < -0.39 is 0 Å². The SMILES string of the molecule is CCCCCC1=C(c2cc(CCCCC)c(C)c(CCCCC)c2)[N+](=[N-])C(c2cc(CCCCC)c(C)c(CCCCC)c2)=C1.[Ni]. The first-order chi connectivity index (χ1) is 21.9. The molecule has 46 heavy (non-hydrogen) atoms. The molecule has 0 radical (unpaired) electrons. The molecule has 0 fully saturated rings. The van der Waals surface area contributed by atoms with Gasteiger partial charge in [-0.25, -0.2) is 4.70 Å². The first kappa shape index (κ1) is 40.2. The van der Waals surface area contributed by atoms with Gasteiger partial charge in [-0.2, -0.15) is 0 Å². The molecule has 3 rings (SSSR count). The van der Waals surface area contributed by atoms with Crippen LogP contribution >= 0.6 is 0 Å². The van der Waals surface area contributed by atoms with Crippen molar-refractivity contribution in [2.24, 2.45) is 0 Å². The second kappa shape index (κ2) is 21.8. The van der Waals surface area contributed by atoms with Gasteiger partial charge in [0.15, 0.2) is 0 Å². The first-order valence-corrected chi connectivity index (χ1v) is 19.1. The molecule has 1 heterocycles. The summed E-state index contributed by atoms with van der Waals surface area (Å²) >= 11 is 0. The van der Waals surface area contributed by atoms with Crippen LogP contribution in [0.4, 0.5) is 0 Å². The molecule has 0 spiro atoms. The number of hydrogen-bond acceptors (Lipinski definition) is 0. The van der Waals surface area contributed by atoms with E-state index in [4.69, 9.17) is 0 Å². The van der Waals surface area contributed by atoms with Crippen molar-refractivity contribution in [3.05, 3.63) is 86.0 Å². The Bertz CT molecular complexity index is 1240. The Morgan fingerprint density at radius 1 is 0.478 bits per heavy atom. The van der Waals surface area contributed by atoms with Crippen LogP contribution in [0.2, 0.25) is 0 Å². The number of nitrogens with zero attached hydrogens (tertiary/aromatic N) is 2. The zero-order chi connectivity index (χ0) is 32.6. The van der Waals surface area contributed by atoms with E-state index in [0.717, 1.165) is 49.9 Å². The van der Waals surface area contributed by atoms with Gasteiger partial charge in [-0.1, -0.05) is 98.8 Å². The summed E-state index contributed by atoms with van der Waals surface area (Å²) in [7, 11) is 0. The molecule has 258 valence electrons. The summed E-state index contributed by atoms with van der Waals surface area (Å²) in [6, 6.07) is 9.64. The van der Waals surface area contributed by atoms with Gasteiger partial charge in [0, 0.05) is 39.3 Å². The van der Waals surface area contributed by atoms with Gasteiger partial charge in [0.2, 0.25) is 11.4 Å². The Labute approximate surface area is 294 Å². The Balaban J connectivity index is 0.00000736. The standard InChI is InChI=1S/C43H66N2.Ni/c1-8-13-18-23-35-28-40(29-36(33(35)6)24-19-14-9-2)42-32-39(27-22-17-12-5)43(45(42)44)41-30-37(25-20-15-10-3)34(7)38(31-41)26-21-16-11-4;/h28-32H,8-27H2,1-7H3;. The van der Waals surface area contributed by atoms with Gasteiger partial charge >= 0.3 is 0 Å². The Morgan fingerprint density at radius 2 is 0.804 bits per heavy atom. The summed E-state index contributed by atoms with van der Waals surface area (Å²) in [6.45, 7) is 16.1. The van der Waals surface area contributed by atoms with Crippen molar-refractivity contribution < 1.29 is 21.2 Å². The summed E-state index contributed by atoms with van der Waals surface area (Å²) in [6.07, 6.45) is 26.4. The van der Waals surface area contributed by atoms with Crippen LogP contribution in [-0.2, 0) is 42.2 Å². The molecule has 0 bridgehead atoms. The molecule has 2 aromatic carbocycles. The van der Waals surface area contributed by atoms with Crippen molar-refractivity contribution in [1.82, 2.24) is 0 Å². The molecule has 0 aromatic heterocycles.